The summed E-state index contributed by atoms with van der Waals surface area (Å²) in [6.07, 6.45) is 10.8. The maximum atomic E-state index is 10.9. The second kappa shape index (κ2) is 4.30. The highest BCUT2D eigenvalue weighted by Crippen LogP contribution is 2.63. The molecule has 5 aliphatic carbocycles. The first-order chi connectivity index (χ1) is 10.2. The van der Waals surface area contributed by atoms with Crippen LogP contribution in [0.1, 0.15) is 57.8 Å². The van der Waals surface area contributed by atoms with E-state index in [4.69, 9.17) is 14.5 Å². The smallest absolute Gasteiger partial charge is 0.210 e. The van der Waals surface area contributed by atoms with Gasteiger partial charge in [-0.3, -0.25) is 0 Å². The van der Waals surface area contributed by atoms with E-state index in [1.807, 2.05) is 0 Å². The number of carbonyl (C=O) groups is 1. The Kier molecular flexibility index (Phi) is 2.67. The third-order valence-corrected chi connectivity index (χ3v) is 6.93. The van der Waals surface area contributed by atoms with Crippen LogP contribution in [0.2, 0.25) is 0 Å². The van der Waals surface area contributed by atoms with E-state index in [2.05, 4.69) is 0 Å². The fourth-order valence-electron chi connectivity index (χ4n) is 6.01. The van der Waals surface area contributed by atoms with E-state index in [-0.39, 0.29) is 5.92 Å². The molecule has 0 aromatic rings. The summed E-state index contributed by atoms with van der Waals surface area (Å²) in [5.41, 5.74) is 0. The zero-order chi connectivity index (χ0) is 14.1. The molecule has 21 heavy (non-hydrogen) atoms. The number of carbonyl (C=O) groups excluding carboxylic acids is 1. The molecule has 6 aliphatic rings. The lowest BCUT2D eigenvalue weighted by atomic mass is 9.53. The fourth-order valence-corrected chi connectivity index (χ4v) is 6.01. The predicted molar refractivity (Wildman–Crippen MR) is 73.8 cm³/mol. The lowest BCUT2D eigenvalue weighted by Crippen LogP contribution is -2.59. The van der Waals surface area contributed by atoms with Crippen LogP contribution in [0, 0.1) is 29.6 Å². The zero-order valence-electron chi connectivity index (χ0n) is 12.5. The van der Waals surface area contributed by atoms with Gasteiger partial charge >= 0.3 is 0 Å². The van der Waals surface area contributed by atoms with Gasteiger partial charge in [0.25, 0.3) is 0 Å². The van der Waals surface area contributed by atoms with Crippen molar-refractivity contribution in [2.45, 2.75) is 69.4 Å². The minimum Gasteiger partial charge on any atom is -0.312 e. The highest BCUT2D eigenvalue weighted by Gasteiger charge is 2.66. The minimum atomic E-state index is -0.561. The van der Waals surface area contributed by atoms with Gasteiger partial charge in [0.1, 0.15) is 6.29 Å². The molecule has 6 rings (SSSR count). The lowest BCUT2D eigenvalue weighted by Gasteiger charge is -2.57. The van der Waals surface area contributed by atoms with E-state index in [1.54, 1.807) is 0 Å². The van der Waals surface area contributed by atoms with E-state index in [0.29, 0.717) is 11.8 Å². The van der Waals surface area contributed by atoms with Crippen molar-refractivity contribution in [2.75, 3.05) is 0 Å². The summed E-state index contributed by atoms with van der Waals surface area (Å²) in [4.78, 5) is 22.7. The molecule has 1 saturated heterocycles. The second-order valence-corrected chi connectivity index (χ2v) is 8.18. The molecule has 4 nitrogen and oxygen atoms in total. The van der Waals surface area contributed by atoms with E-state index >= 15 is 0 Å². The lowest BCUT2D eigenvalue weighted by molar-refractivity contribution is -0.390. The Morgan fingerprint density at radius 3 is 2.05 bits per heavy atom. The average molecular weight is 292 g/mol. The van der Waals surface area contributed by atoms with Gasteiger partial charge in [-0.05, 0) is 56.8 Å². The topological polar surface area (TPSA) is 44.8 Å². The van der Waals surface area contributed by atoms with Gasteiger partial charge < -0.3 is 9.53 Å². The number of ether oxygens (including phenoxy) is 1. The molecule has 0 atom stereocenters. The Bertz CT molecular complexity index is 424. The van der Waals surface area contributed by atoms with Gasteiger partial charge in [0.15, 0.2) is 0 Å². The second-order valence-electron chi connectivity index (χ2n) is 8.18. The van der Waals surface area contributed by atoms with Gasteiger partial charge in [-0.25, -0.2) is 0 Å². The molecule has 2 spiro atoms. The van der Waals surface area contributed by atoms with Crippen molar-refractivity contribution >= 4 is 6.29 Å². The molecule has 4 heteroatoms. The summed E-state index contributed by atoms with van der Waals surface area (Å²) in [5.74, 6) is 2.00. The first-order valence-corrected chi connectivity index (χ1v) is 8.74. The molecule has 116 valence electrons. The van der Waals surface area contributed by atoms with Crippen LogP contribution in [0.15, 0.2) is 0 Å². The molecule has 6 fully saturated rings. The van der Waals surface area contributed by atoms with Crippen molar-refractivity contribution in [3.05, 3.63) is 0 Å². The van der Waals surface area contributed by atoms with Crippen LogP contribution in [0.3, 0.4) is 0 Å². The third-order valence-electron chi connectivity index (χ3n) is 6.93. The van der Waals surface area contributed by atoms with Crippen LogP contribution in [0.5, 0.6) is 0 Å². The van der Waals surface area contributed by atoms with E-state index < -0.39 is 11.6 Å². The van der Waals surface area contributed by atoms with Crippen LogP contribution in [-0.4, -0.2) is 17.9 Å². The normalized spacial score (nSPS) is 58.2. The van der Waals surface area contributed by atoms with E-state index in [0.717, 1.165) is 43.8 Å². The molecule has 1 heterocycles. The quantitative estimate of drug-likeness (QED) is 0.550. The molecule has 4 bridgehead atoms. The molecule has 0 unspecified atom stereocenters. The maximum absolute atomic E-state index is 10.9. The van der Waals surface area contributed by atoms with Gasteiger partial charge in [-0.2, -0.15) is 9.78 Å². The van der Waals surface area contributed by atoms with Crippen LogP contribution < -0.4 is 0 Å². The molecular formula is C17H24O4. The van der Waals surface area contributed by atoms with Crippen molar-refractivity contribution in [2.24, 2.45) is 29.6 Å². The molecule has 0 radical (unpaired) electrons. The first kappa shape index (κ1) is 13.0. The molecule has 0 N–H and O–H groups in total. The van der Waals surface area contributed by atoms with Gasteiger partial charge in [-0.1, -0.05) is 0 Å². The van der Waals surface area contributed by atoms with E-state index in [9.17, 15) is 4.79 Å². The summed E-state index contributed by atoms with van der Waals surface area (Å²) in [6.45, 7) is 0. The van der Waals surface area contributed by atoms with Crippen LogP contribution >= 0.6 is 0 Å². The van der Waals surface area contributed by atoms with Crippen LogP contribution in [-0.2, 0) is 19.3 Å². The summed E-state index contributed by atoms with van der Waals surface area (Å²) >= 11 is 0. The first-order valence-electron chi connectivity index (χ1n) is 8.74. The molecular weight excluding hydrogens is 268 g/mol. The molecule has 0 aromatic carbocycles. The Hall–Kier alpha value is -0.450. The van der Waals surface area contributed by atoms with Gasteiger partial charge in [0.2, 0.25) is 11.6 Å². The summed E-state index contributed by atoms with van der Waals surface area (Å²) in [5, 5.41) is 0. The van der Waals surface area contributed by atoms with Crippen molar-refractivity contribution < 1.29 is 19.3 Å². The monoisotopic (exact) mass is 292 g/mol. The van der Waals surface area contributed by atoms with Crippen LogP contribution in [0.25, 0.3) is 0 Å². The largest absolute Gasteiger partial charge is 0.312 e. The number of hydrogen-bond acceptors (Lipinski definition) is 4. The van der Waals surface area contributed by atoms with Crippen LogP contribution in [0.4, 0.5) is 0 Å². The SMILES string of the molecule is O=CC1CCC2(CC1)OOC1(O2)C2CC3CC(C2)CC1C3. The van der Waals surface area contributed by atoms with Crippen molar-refractivity contribution in [3.63, 3.8) is 0 Å². The summed E-state index contributed by atoms with van der Waals surface area (Å²) in [7, 11) is 0. The molecule has 0 amide bonds. The number of rotatable bonds is 1. The van der Waals surface area contributed by atoms with Gasteiger partial charge in [0, 0.05) is 30.6 Å². The molecule has 1 aliphatic heterocycles. The highest BCUT2D eigenvalue weighted by molar-refractivity contribution is 5.53. The Labute approximate surface area is 125 Å². The van der Waals surface area contributed by atoms with Crippen molar-refractivity contribution in [3.8, 4) is 0 Å². The zero-order valence-corrected chi connectivity index (χ0v) is 12.5. The highest BCUT2D eigenvalue weighted by atomic mass is 17.3. The summed E-state index contributed by atoms with van der Waals surface area (Å²) < 4.78 is 6.59. The van der Waals surface area contributed by atoms with Gasteiger partial charge in [0.05, 0.1) is 0 Å². The standard InChI is InChI=1S/C17H24O4/c18-10-11-1-3-16(4-2-11)19-17(21-20-16)14-6-12-5-13(8-14)9-15(17)7-12/h10-15H,1-9H2. The van der Waals surface area contributed by atoms with Crippen molar-refractivity contribution in [1.29, 1.82) is 0 Å². The minimum absolute atomic E-state index is 0.179. The Morgan fingerprint density at radius 1 is 0.857 bits per heavy atom. The predicted octanol–water partition coefficient (Wildman–Crippen LogP) is 3.20. The van der Waals surface area contributed by atoms with Gasteiger partial charge in [-0.15, -0.1) is 0 Å². The number of hydrogen-bond donors (Lipinski definition) is 0. The third kappa shape index (κ3) is 1.76. The summed E-state index contributed by atoms with van der Waals surface area (Å²) in [6, 6.07) is 0. The fraction of sp³-hybridized carbons (Fsp3) is 0.941. The van der Waals surface area contributed by atoms with Crippen molar-refractivity contribution in [1.82, 2.24) is 0 Å². The van der Waals surface area contributed by atoms with E-state index in [1.165, 1.54) is 32.1 Å². The maximum Gasteiger partial charge on any atom is 0.210 e. The number of aldehydes is 1. The Balaban J connectivity index is 1.39. The average Bonchev–Trinajstić information content (AvgIpc) is 2.86. The molecule has 5 saturated carbocycles. The molecule has 0 aromatic heterocycles. The Morgan fingerprint density at radius 2 is 1.48 bits per heavy atom.